The minimum Gasteiger partial charge on any atom is -0.399 e. The van der Waals surface area contributed by atoms with Gasteiger partial charge in [-0.05, 0) is 61.3 Å². The first-order valence-electron chi connectivity index (χ1n) is 7.98. The van der Waals surface area contributed by atoms with Crippen molar-refractivity contribution in [3.05, 3.63) is 59.7 Å². The number of benzene rings is 2. The highest BCUT2D eigenvalue weighted by molar-refractivity contribution is 7.88. The molecule has 6 N–H and O–H groups in total. The van der Waals surface area contributed by atoms with Crippen LogP contribution in [0.1, 0.15) is 11.1 Å². The molecule has 0 saturated heterocycles. The highest BCUT2D eigenvalue weighted by Gasteiger charge is 2.08. The van der Waals surface area contributed by atoms with Gasteiger partial charge in [0.15, 0.2) is 0 Å². The van der Waals surface area contributed by atoms with Gasteiger partial charge in [-0.3, -0.25) is 0 Å². The Hall–Kier alpha value is -1.89. The van der Waals surface area contributed by atoms with Gasteiger partial charge in [-0.2, -0.15) is 0 Å². The third-order valence-electron chi connectivity index (χ3n) is 3.46. The number of nitrogen functional groups attached to an aromatic ring is 1. The third kappa shape index (κ3) is 9.35. The first-order chi connectivity index (χ1) is 13.1. The summed E-state index contributed by atoms with van der Waals surface area (Å²) in [5.74, 6) is -0.0398. The fraction of sp³-hybridized carbons (Fsp3) is 0.250. The van der Waals surface area contributed by atoms with Gasteiger partial charge in [0.1, 0.15) is 0 Å². The molecule has 0 spiro atoms. The zero-order valence-electron chi connectivity index (χ0n) is 15.4. The molecule has 0 aromatic heterocycles. The summed E-state index contributed by atoms with van der Waals surface area (Å²) in [6.45, 7) is 0. The van der Waals surface area contributed by atoms with E-state index in [1.165, 1.54) is 14.1 Å². The fourth-order valence-electron chi connectivity index (χ4n) is 1.94. The van der Waals surface area contributed by atoms with Gasteiger partial charge in [0.25, 0.3) is 0 Å². The third-order valence-corrected chi connectivity index (χ3v) is 6.23. The van der Waals surface area contributed by atoms with Gasteiger partial charge in [0.2, 0.25) is 20.0 Å². The van der Waals surface area contributed by atoms with Crippen molar-refractivity contribution >= 4 is 43.2 Å². The van der Waals surface area contributed by atoms with E-state index in [0.717, 1.165) is 11.3 Å². The molecule has 0 saturated carbocycles. The zero-order valence-corrected chi connectivity index (χ0v) is 17.8. The van der Waals surface area contributed by atoms with Crippen molar-refractivity contribution in [1.29, 1.82) is 0 Å². The second-order valence-corrected chi connectivity index (χ2v) is 9.63. The minimum atomic E-state index is -3.21. The standard InChI is InChI=1S/C8H12ClN3O2S.C8H12N2O2S/c1-10-15(13,14)6-7-2-4-8(5-3-7)11-12-9;1-10-13(11,12)6-7-2-4-8(9)5-3-7/h2-5,10-12H,6H2,1H3;2-5,10H,6,9H2,1H3. The number of nitrogens with one attached hydrogen (secondary N) is 4. The largest absolute Gasteiger partial charge is 0.399 e. The molecule has 0 aliphatic carbocycles. The lowest BCUT2D eigenvalue weighted by Gasteiger charge is -2.05. The summed E-state index contributed by atoms with van der Waals surface area (Å²) < 4.78 is 49.2. The van der Waals surface area contributed by atoms with Crippen LogP contribution >= 0.6 is 11.8 Å². The highest BCUT2D eigenvalue weighted by atomic mass is 35.5. The number of halogens is 1. The molecule has 0 unspecified atom stereocenters. The summed E-state index contributed by atoms with van der Waals surface area (Å²) in [5.41, 5.74) is 10.9. The number of anilines is 2. The number of hydrazine groups is 1. The molecule has 2 aromatic rings. The topological polar surface area (TPSA) is 142 Å². The van der Waals surface area contributed by atoms with E-state index in [-0.39, 0.29) is 11.5 Å². The molecule has 156 valence electrons. The average molecular weight is 450 g/mol. The summed E-state index contributed by atoms with van der Waals surface area (Å²) >= 11 is 5.24. The molecule has 28 heavy (non-hydrogen) atoms. The smallest absolute Gasteiger partial charge is 0.215 e. The highest BCUT2D eigenvalue weighted by Crippen LogP contribution is 2.11. The normalized spacial score (nSPS) is 11.4. The molecule has 2 rings (SSSR count). The molecule has 0 heterocycles. The maximum Gasteiger partial charge on any atom is 0.215 e. The van der Waals surface area contributed by atoms with Crippen LogP contribution in [0.3, 0.4) is 0 Å². The summed E-state index contributed by atoms with van der Waals surface area (Å²) in [6, 6.07) is 13.7. The van der Waals surface area contributed by atoms with Crippen molar-refractivity contribution in [2.75, 3.05) is 25.3 Å². The summed E-state index contributed by atoms with van der Waals surface area (Å²) in [6.07, 6.45) is 0. The van der Waals surface area contributed by atoms with Crippen LogP contribution in [0.2, 0.25) is 0 Å². The predicted octanol–water partition coefficient (Wildman–Crippen LogP) is 1.12. The first kappa shape index (κ1) is 24.1. The average Bonchev–Trinajstić information content (AvgIpc) is 2.66. The predicted molar refractivity (Wildman–Crippen MR) is 113 cm³/mol. The van der Waals surface area contributed by atoms with Gasteiger partial charge in [0.05, 0.1) is 11.5 Å². The summed E-state index contributed by atoms with van der Waals surface area (Å²) in [4.78, 5) is 2.25. The van der Waals surface area contributed by atoms with Crippen molar-refractivity contribution in [3.8, 4) is 0 Å². The molecular weight excluding hydrogens is 426 g/mol. The van der Waals surface area contributed by atoms with E-state index in [1.807, 2.05) is 0 Å². The molecule has 0 radical (unpaired) electrons. The van der Waals surface area contributed by atoms with E-state index in [0.29, 0.717) is 11.3 Å². The van der Waals surface area contributed by atoms with E-state index in [2.05, 4.69) is 19.8 Å². The molecule has 12 heteroatoms. The molecule has 0 amide bonds. The second-order valence-electron chi connectivity index (χ2n) is 5.58. The first-order valence-corrected chi connectivity index (χ1v) is 11.7. The summed E-state index contributed by atoms with van der Waals surface area (Å²) in [5, 5.41) is 0. The monoisotopic (exact) mass is 449 g/mol. The van der Waals surface area contributed by atoms with Gasteiger partial charge in [-0.25, -0.2) is 26.3 Å². The lowest BCUT2D eigenvalue weighted by Crippen LogP contribution is -2.20. The maximum absolute atomic E-state index is 11.2. The van der Waals surface area contributed by atoms with Gasteiger partial charge in [-0.1, -0.05) is 24.3 Å². The van der Waals surface area contributed by atoms with Gasteiger partial charge in [-0.15, -0.1) is 4.94 Å². The van der Waals surface area contributed by atoms with Crippen molar-refractivity contribution in [2.24, 2.45) is 0 Å². The van der Waals surface area contributed by atoms with E-state index in [9.17, 15) is 16.8 Å². The van der Waals surface area contributed by atoms with E-state index in [4.69, 9.17) is 17.5 Å². The van der Waals surface area contributed by atoms with Crippen LogP contribution in [0, 0.1) is 0 Å². The Bertz CT molecular complexity index is 934. The van der Waals surface area contributed by atoms with Crippen molar-refractivity contribution in [3.63, 3.8) is 0 Å². The Morgan fingerprint density at radius 2 is 1.18 bits per heavy atom. The van der Waals surface area contributed by atoms with Crippen LogP contribution in [0.5, 0.6) is 0 Å². The number of hydrogen-bond acceptors (Lipinski definition) is 7. The molecular formula is C16H24ClN5O4S2. The maximum atomic E-state index is 11.2. The molecule has 0 bridgehead atoms. The zero-order chi connectivity index (χ0) is 21.2. The van der Waals surface area contributed by atoms with Gasteiger partial charge in [0, 0.05) is 11.4 Å². The van der Waals surface area contributed by atoms with E-state index < -0.39 is 20.0 Å². The summed E-state index contributed by atoms with van der Waals surface area (Å²) in [7, 11) is -3.60. The van der Waals surface area contributed by atoms with Crippen molar-refractivity contribution in [2.45, 2.75) is 11.5 Å². The molecule has 0 aliphatic rings. The van der Waals surface area contributed by atoms with E-state index in [1.54, 1.807) is 48.5 Å². The van der Waals surface area contributed by atoms with Crippen molar-refractivity contribution < 1.29 is 16.8 Å². The quantitative estimate of drug-likeness (QED) is 0.231. The Morgan fingerprint density at radius 3 is 1.54 bits per heavy atom. The Morgan fingerprint density at radius 1 is 0.786 bits per heavy atom. The molecule has 0 atom stereocenters. The lowest BCUT2D eigenvalue weighted by atomic mass is 10.2. The van der Waals surface area contributed by atoms with Crippen LogP contribution in [-0.4, -0.2) is 30.9 Å². The minimum absolute atomic E-state index is 0.0101. The fourth-order valence-corrected chi connectivity index (χ4v) is 3.60. The van der Waals surface area contributed by atoms with Gasteiger partial charge >= 0.3 is 0 Å². The van der Waals surface area contributed by atoms with Crippen LogP contribution in [0.4, 0.5) is 11.4 Å². The van der Waals surface area contributed by atoms with Crippen LogP contribution < -0.4 is 25.5 Å². The lowest BCUT2D eigenvalue weighted by molar-refractivity contribution is 0.585. The number of nitrogens with two attached hydrogens (primary N) is 1. The van der Waals surface area contributed by atoms with Crippen LogP contribution in [-0.2, 0) is 31.6 Å². The molecule has 2 aromatic carbocycles. The molecule has 0 fully saturated rings. The molecule has 9 nitrogen and oxygen atoms in total. The van der Waals surface area contributed by atoms with Crippen molar-refractivity contribution in [1.82, 2.24) is 14.4 Å². The van der Waals surface area contributed by atoms with Gasteiger partial charge < -0.3 is 11.2 Å². The second kappa shape index (κ2) is 11.2. The number of rotatable bonds is 8. The Balaban J connectivity index is 0.000000283. The Labute approximate surface area is 170 Å². The van der Waals surface area contributed by atoms with Crippen LogP contribution in [0.15, 0.2) is 48.5 Å². The van der Waals surface area contributed by atoms with Crippen LogP contribution in [0.25, 0.3) is 0 Å². The number of sulfonamides is 2. The number of hydrogen-bond donors (Lipinski definition) is 5. The SMILES string of the molecule is CNS(=O)(=O)Cc1ccc(N)cc1.CNS(=O)(=O)Cc1ccc(NNCl)cc1. The Kier molecular flexibility index (Phi) is 9.65. The molecule has 0 aliphatic heterocycles. The van der Waals surface area contributed by atoms with E-state index >= 15 is 0 Å².